The Morgan fingerprint density at radius 2 is 2.36 bits per heavy atom. The van der Waals surface area contributed by atoms with Gasteiger partial charge in [-0.2, -0.15) is 5.06 Å². The van der Waals surface area contributed by atoms with Crippen LogP contribution in [0.1, 0.15) is 26.2 Å². The van der Waals surface area contributed by atoms with E-state index >= 15 is 0 Å². The van der Waals surface area contributed by atoms with E-state index in [1.54, 1.807) is 0 Å². The number of nitrogens with zero attached hydrogens (tertiary/aromatic N) is 1. The first-order chi connectivity index (χ1) is 5.20. The van der Waals surface area contributed by atoms with Crippen LogP contribution in [-0.4, -0.2) is 29.0 Å². The van der Waals surface area contributed by atoms with E-state index in [2.05, 4.69) is 0 Å². The largest absolute Gasteiger partial charge is 0.444 e. The minimum atomic E-state index is -0.416. The summed E-state index contributed by atoms with van der Waals surface area (Å²) in [5.41, 5.74) is 0. The summed E-state index contributed by atoms with van der Waals surface area (Å²) >= 11 is 0. The smallest absolute Gasteiger partial charge is 0.304 e. The maximum absolute atomic E-state index is 10.5. The van der Waals surface area contributed by atoms with Crippen molar-refractivity contribution in [3.8, 4) is 0 Å². The summed E-state index contributed by atoms with van der Waals surface area (Å²) in [6, 6.07) is 0. The van der Waals surface area contributed by atoms with Gasteiger partial charge in [0.25, 0.3) is 0 Å². The standard InChI is InChI=1S/C7H13NO3/c1-6(9)11-7-4-2-3-5-8(7)10/h7,10H,2-5H2,1H3. The minimum Gasteiger partial charge on any atom is -0.444 e. The van der Waals surface area contributed by atoms with Crippen LogP contribution in [0.5, 0.6) is 0 Å². The molecule has 0 radical (unpaired) electrons. The Morgan fingerprint density at radius 1 is 1.64 bits per heavy atom. The highest BCUT2D eigenvalue weighted by molar-refractivity contribution is 5.66. The van der Waals surface area contributed by atoms with E-state index in [1.165, 1.54) is 6.92 Å². The monoisotopic (exact) mass is 159 g/mol. The quantitative estimate of drug-likeness (QED) is 0.573. The van der Waals surface area contributed by atoms with Crippen LogP contribution in [0.25, 0.3) is 0 Å². The number of hydrogen-bond acceptors (Lipinski definition) is 4. The molecule has 0 spiro atoms. The molecule has 11 heavy (non-hydrogen) atoms. The first-order valence-electron chi connectivity index (χ1n) is 3.83. The zero-order valence-electron chi connectivity index (χ0n) is 6.62. The third-order valence-electron chi connectivity index (χ3n) is 1.72. The van der Waals surface area contributed by atoms with Gasteiger partial charge >= 0.3 is 5.97 Å². The lowest BCUT2D eigenvalue weighted by Gasteiger charge is -2.29. The molecule has 1 rings (SSSR count). The van der Waals surface area contributed by atoms with Crippen molar-refractivity contribution in [2.45, 2.75) is 32.4 Å². The molecule has 1 unspecified atom stereocenters. The lowest BCUT2D eigenvalue weighted by molar-refractivity contribution is -0.227. The number of carbonyl (C=O) groups is 1. The highest BCUT2D eigenvalue weighted by Crippen LogP contribution is 2.15. The Bertz CT molecular complexity index is 149. The molecule has 4 heteroatoms. The number of rotatable bonds is 1. The van der Waals surface area contributed by atoms with Crippen molar-refractivity contribution in [3.63, 3.8) is 0 Å². The minimum absolute atomic E-state index is 0.337. The highest BCUT2D eigenvalue weighted by Gasteiger charge is 2.22. The summed E-state index contributed by atoms with van der Waals surface area (Å²) in [6.07, 6.45) is 2.29. The van der Waals surface area contributed by atoms with Gasteiger partial charge in [0, 0.05) is 19.9 Å². The first-order valence-corrected chi connectivity index (χ1v) is 3.83. The fourth-order valence-electron chi connectivity index (χ4n) is 1.20. The Morgan fingerprint density at radius 3 is 2.91 bits per heavy atom. The summed E-state index contributed by atoms with van der Waals surface area (Å²) in [7, 11) is 0. The van der Waals surface area contributed by atoms with Crippen molar-refractivity contribution < 1.29 is 14.7 Å². The van der Waals surface area contributed by atoms with Gasteiger partial charge in [-0.25, -0.2) is 0 Å². The summed E-state index contributed by atoms with van der Waals surface area (Å²) in [5.74, 6) is -0.337. The van der Waals surface area contributed by atoms with Crippen LogP contribution in [0.3, 0.4) is 0 Å². The maximum Gasteiger partial charge on any atom is 0.304 e. The number of carbonyl (C=O) groups excluding carboxylic acids is 1. The van der Waals surface area contributed by atoms with Gasteiger partial charge in [-0.15, -0.1) is 0 Å². The molecule has 1 aliphatic rings. The second kappa shape index (κ2) is 3.69. The number of piperidine rings is 1. The zero-order valence-corrected chi connectivity index (χ0v) is 6.62. The second-order valence-corrected chi connectivity index (χ2v) is 2.72. The van der Waals surface area contributed by atoms with Crippen molar-refractivity contribution in [2.75, 3.05) is 6.54 Å². The molecule has 64 valence electrons. The molecule has 1 atom stereocenters. The molecular weight excluding hydrogens is 146 g/mol. The van der Waals surface area contributed by atoms with E-state index in [4.69, 9.17) is 4.74 Å². The Labute approximate surface area is 65.7 Å². The van der Waals surface area contributed by atoms with E-state index in [-0.39, 0.29) is 5.97 Å². The van der Waals surface area contributed by atoms with Crippen LogP contribution < -0.4 is 0 Å². The van der Waals surface area contributed by atoms with Gasteiger partial charge in [0.15, 0.2) is 6.23 Å². The molecule has 1 N–H and O–H groups in total. The predicted octanol–water partition coefficient (Wildman–Crippen LogP) is 0.751. The molecule has 1 heterocycles. The lowest BCUT2D eigenvalue weighted by atomic mass is 10.1. The SMILES string of the molecule is CC(=O)OC1CCCCN1O. The lowest BCUT2D eigenvalue weighted by Crippen LogP contribution is -2.39. The number of esters is 1. The van der Waals surface area contributed by atoms with E-state index in [0.717, 1.165) is 24.3 Å². The van der Waals surface area contributed by atoms with Gasteiger partial charge in [-0.05, 0) is 12.8 Å². The maximum atomic E-state index is 10.5. The molecular formula is C7H13NO3. The Hall–Kier alpha value is -0.610. The van der Waals surface area contributed by atoms with Crippen molar-refractivity contribution in [1.82, 2.24) is 5.06 Å². The summed E-state index contributed by atoms with van der Waals surface area (Å²) in [6.45, 7) is 1.94. The van der Waals surface area contributed by atoms with Crippen molar-refractivity contribution in [2.24, 2.45) is 0 Å². The second-order valence-electron chi connectivity index (χ2n) is 2.72. The van der Waals surface area contributed by atoms with Crippen LogP contribution >= 0.6 is 0 Å². The molecule has 1 saturated heterocycles. The number of hydroxylamine groups is 2. The van der Waals surface area contributed by atoms with Crippen LogP contribution in [-0.2, 0) is 9.53 Å². The van der Waals surface area contributed by atoms with E-state index < -0.39 is 6.23 Å². The van der Waals surface area contributed by atoms with Gasteiger partial charge in [-0.3, -0.25) is 4.79 Å². The van der Waals surface area contributed by atoms with Crippen LogP contribution in [0, 0.1) is 0 Å². The average Bonchev–Trinajstić information content (AvgIpc) is 1.93. The average molecular weight is 159 g/mol. The molecule has 0 aliphatic carbocycles. The topological polar surface area (TPSA) is 49.8 Å². The fraction of sp³-hybridized carbons (Fsp3) is 0.857. The van der Waals surface area contributed by atoms with Crippen LogP contribution in [0.15, 0.2) is 0 Å². The van der Waals surface area contributed by atoms with Crippen molar-refractivity contribution in [3.05, 3.63) is 0 Å². The van der Waals surface area contributed by atoms with Gasteiger partial charge in [-0.1, -0.05) is 0 Å². The van der Waals surface area contributed by atoms with Gasteiger partial charge in [0.05, 0.1) is 0 Å². The number of hydrogen-bond donors (Lipinski definition) is 1. The molecule has 0 saturated carbocycles. The van der Waals surface area contributed by atoms with Gasteiger partial charge in [0.1, 0.15) is 0 Å². The molecule has 0 aromatic heterocycles. The molecule has 0 bridgehead atoms. The Kier molecular flexibility index (Phi) is 2.84. The highest BCUT2D eigenvalue weighted by atomic mass is 16.6. The molecule has 0 amide bonds. The third-order valence-corrected chi connectivity index (χ3v) is 1.72. The molecule has 1 fully saturated rings. The zero-order chi connectivity index (χ0) is 8.27. The molecule has 0 aromatic carbocycles. The molecule has 1 aliphatic heterocycles. The summed E-state index contributed by atoms with van der Waals surface area (Å²) < 4.78 is 4.84. The molecule has 4 nitrogen and oxygen atoms in total. The van der Waals surface area contributed by atoms with Crippen molar-refractivity contribution >= 4 is 5.97 Å². The van der Waals surface area contributed by atoms with Gasteiger partial charge < -0.3 is 9.94 Å². The van der Waals surface area contributed by atoms with Crippen LogP contribution in [0.4, 0.5) is 0 Å². The van der Waals surface area contributed by atoms with E-state index in [1.807, 2.05) is 0 Å². The fourth-order valence-corrected chi connectivity index (χ4v) is 1.20. The third kappa shape index (κ3) is 2.48. The van der Waals surface area contributed by atoms with Crippen molar-refractivity contribution in [1.29, 1.82) is 0 Å². The van der Waals surface area contributed by atoms with Crippen LogP contribution in [0.2, 0.25) is 0 Å². The molecule has 0 aromatic rings. The van der Waals surface area contributed by atoms with E-state index in [9.17, 15) is 10.0 Å². The van der Waals surface area contributed by atoms with E-state index in [0.29, 0.717) is 6.54 Å². The first kappa shape index (κ1) is 8.49. The normalized spacial score (nSPS) is 26.5. The predicted molar refractivity (Wildman–Crippen MR) is 37.9 cm³/mol. The Balaban J connectivity index is 2.35. The summed E-state index contributed by atoms with van der Waals surface area (Å²) in [4.78, 5) is 10.5. The van der Waals surface area contributed by atoms with Gasteiger partial charge in [0.2, 0.25) is 0 Å². The number of ether oxygens (including phenoxy) is 1. The summed E-state index contributed by atoms with van der Waals surface area (Å²) in [5, 5.41) is 10.3.